The molecule has 14 heavy (non-hydrogen) atoms. The fourth-order valence-electron chi connectivity index (χ4n) is 1.07. The third-order valence-electron chi connectivity index (χ3n) is 1.53. The molecule has 0 saturated heterocycles. The number of hydrogen-bond acceptors (Lipinski definition) is 3. The number of nitrogens with zero attached hydrogens (tertiary/aromatic N) is 2. The summed E-state index contributed by atoms with van der Waals surface area (Å²) >= 11 is 0. The maximum atomic E-state index is 10.3. The van der Waals surface area contributed by atoms with Crippen LogP contribution in [0, 0.1) is 19.9 Å². The zero-order valence-corrected chi connectivity index (χ0v) is 11.1. The van der Waals surface area contributed by atoms with E-state index in [1.807, 2.05) is 6.92 Å². The maximum Gasteiger partial charge on any atom is 0.303 e. The molecule has 0 aliphatic carbocycles. The number of rotatable bonds is 3. The standard InChI is InChI=1S/C9H11N2O2.Y/c1-6-5-8(3-4-9(12)13)11-7(2)10-6;/h3-4H2,1-2H3,(H,12,13);/q-1;. The topological polar surface area (TPSA) is 63.1 Å². The zero-order valence-electron chi connectivity index (χ0n) is 8.24. The first kappa shape index (κ1) is 13.7. The van der Waals surface area contributed by atoms with E-state index in [-0.39, 0.29) is 39.1 Å². The van der Waals surface area contributed by atoms with E-state index in [1.54, 1.807) is 6.92 Å². The van der Waals surface area contributed by atoms with E-state index in [9.17, 15) is 4.79 Å². The zero-order chi connectivity index (χ0) is 9.84. The first-order chi connectivity index (χ1) is 6.08. The van der Waals surface area contributed by atoms with Gasteiger partial charge in [0.25, 0.3) is 0 Å². The predicted octanol–water partition coefficient (Wildman–Crippen LogP) is 0.908. The molecule has 0 aliphatic heterocycles. The number of aliphatic carboxylic acids is 1. The summed E-state index contributed by atoms with van der Waals surface area (Å²) in [5, 5.41) is 8.46. The molecule has 1 aromatic heterocycles. The van der Waals surface area contributed by atoms with Crippen LogP contribution in [0.25, 0.3) is 0 Å². The van der Waals surface area contributed by atoms with Crippen LogP contribution in [0.3, 0.4) is 0 Å². The largest absolute Gasteiger partial charge is 0.481 e. The van der Waals surface area contributed by atoms with Crippen molar-refractivity contribution < 1.29 is 42.6 Å². The average molecular weight is 268 g/mol. The van der Waals surface area contributed by atoms with Gasteiger partial charge in [0.2, 0.25) is 0 Å². The van der Waals surface area contributed by atoms with E-state index in [2.05, 4.69) is 16.0 Å². The number of aromatic nitrogens is 2. The molecule has 0 aliphatic rings. The Morgan fingerprint density at radius 3 is 2.57 bits per heavy atom. The number of carboxylic acid groups (broad SMARTS) is 1. The summed E-state index contributed by atoms with van der Waals surface area (Å²) in [7, 11) is 0. The Bertz CT molecular complexity index is 308. The fourth-order valence-corrected chi connectivity index (χ4v) is 1.07. The summed E-state index contributed by atoms with van der Waals surface area (Å²) in [5.41, 5.74) is 1.43. The molecule has 0 amide bonds. The van der Waals surface area contributed by atoms with Gasteiger partial charge in [-0.15, -0.1) is 11.4 Å². The van der Waals surface area contributed by atoms with Gasteiger partial charge in [-0.25, -0.2) is 0 Å². The minimum absolute atomic E-state index is 0. The van der Waals surface area contributed by atoms with Gasteiger partial charge in [0.1, 0.15) is 5.82 Å². The van der Waals surface area contributed by atoms with Crippen LogP contribution < -0.4 is 0 Å². The van der Waals surface area contributed by atoms with E-state index in [0.717, 1.165) is 5.69 Å². The van der Waals surface area contributed by atoms with E-state index in [0.29, 0.717) is 17.9 Å². The summed E-state index contributed by atoms with van der Waals surface area (Å²) in [5.74, 6) is -0.154. The van der Waals surface area contributed by atoms with E-state index < -0.39 is 5.97 Å². The molecule has 0 fully saturated rings. The molecule has 1 aromatic rings. The number of aryl methyl sites for hydroxylation is 3. The Kier molecular flexibility index (Phi) is 6.04. The van der Waals surface area contributed by atoms with Crippen LogP contribution in [0.1, 0.15) is 23.6 Å². The van der Waals surface area contributed by atoms with Crippen molar-refractivity contribution in [3.63, 3.8) is 0 Å². The smallest absolute Gasteiger partial charge is 0.303 e. The molecule has 0 bridgehead atoms. The van der Waals surface area contributed by atoms with Crippen molar-refractivity contribution in [3.05, 3.63) is 23.3 Å². The van der Waals surface area contributed by atoms with Crippen molar-refractivity contribution in [2.24, 2.45) is 0 Å². The Morgan fingerprint density at radius 1 is 1.43 bits per heavy atom. The second-order valence-electron chi connectivity index (χ2n) is 2.82. The predicted molar refractivity (Wildman–Crippen MR) is 46.3 cm³/mol. The van der Waals surface area contributed by atoms with Crippen LogP contribution in [0.2, 0.25) is 0 Å². The first-order valence-corrected chi connectivity index (χ1v) is 4.03. The van der Waals surface area contributed by atoms with Crippen molar-refractivity contribution in [2.75, 3.05) is 0 Å². The molecule has 1 rings (SSSR count). The molecule has 0 saturated carbocycles. The normalized spacial score (nSPS) is 9.29. The van der Waals surface area contributed by atoms with E-state index >= 15 is 0 Å². The summed E-state index contributed by atoms with van der Waals surface area (Å²) in [6.45, 7) is 3.60. The van der Waals surface area contributed by atoms with Crippen LogP contribution in [-0.4, -0.2) is 21.0 Å². The van der Waals surface area contributed by atoms with Crippen molar-refractivity contribution in [1.29, 1.82) is 0 Å². The van der Waals surface area contributed by atoms with Crippen LogP contribution in [0.15, 0.2) is 0 Å². The molecular weight excluding hydrogens is 257 g/mol. The molecule has 0 aromatic carbocycles. The van der Waals surface area contributed by atoms with Gasteiger partial charge >= 0.3 is 5.97 Å². The number of hydrogen-bond donors (Lipinski definition) is 1. The first-order valence-electron chi connectivity index (χ1n) is 4.03. The van der Waals surface area contributed by atoms with Crippen molar-refractivity contribution >= 4 is 5.97 Å². The molecular formula is C9H11N2O2Y-. The molecule has 1 heterocycles. The Balaban J connectivity index is 0.00000169. The van der Waals surface area contributed by atoms with Crippen molar-refractivity contribution in [1.82, 2.24) is 9.97 Å². The minimum atomic E-state index is -0.817. The number of carbonyl (C=O) groups is 1. The van der Waals surface area contributed by atoms with Gasteiger partial charge in [0, 0.05) is 39.1 Å². The fraction of sp³-hybridized carbons (Fsp3) is 0.444. The van der Waals surface area contributed by atoms with Gasteiger partial charge in [-0.1, -0.05) is 6.92 Å². The van der Waals surface area contributed by atoms with Crippen LogP contribution in [-0.2, 0) is 43.9 Å². The van der Waals surface area contributed by atoms with Crippen LogP contribution in [0.4, 0.5) is 0 Å². The van der Waals surface area contributed by atoms with E-state index in [1.165, 1.54) is 0 Å². The van der Waals surface area contributed by atoms with Gasteiger partial charge in [-0.05, 0) is 13.3 Å². The molecule has 4 nitrogen and oxygen atoms in total. The van der Waals surface area contributed by atoms with Gasteiger partial charge < -0.3 is 11.2 Å². The minimum Gasteiger partial charge on any atom is -0.481 e. The molecule has 0 atom stereocenters. The third-order valence-corrected chi connectivity index (χ3v) is 1.53. The SMILES string of the molecule is Cc1[c-]c(CCC(=O)O)nc(C)n1.[Y]. The summed E-state index contributed by atoms with van der Waals surface area (Å²) in [6.07, 6.45) is 0.506. The Hall–Kier alpha value is -0.346. The Labute approximate surface area is 108 Å². The van der Waals surface area contributed by atoms with Crippen LogP contribution >= 0.6 is 0 Å². The quantitative estimate of drug-likeness (QED) is 0.827. The summed E-state index contributed by atoms with van der Waals surface area (Å²) < 4.78 is 0. The second-order valence-corrected chi connectivity index (χ2v) is 2.82. The molecule has 1 radical (unpaired) electrons. The molecule has 5 heteroatoms. The summed E-state index contributed by atoms with van der Waals surface area (Å²) in [4.78, 5) is 18.4. The Morgan fingerprint density at radius 2 is 2.07 bits per heavy atom. The van der Waals surface area contributed by atoms with Gasteiger partial charge in [-0.2, -0.15) is 0 Å². The second kappa shape index (κ2) is 6.20. The number of carboxylic acids is 1. The van der Waals surface area contributed by atoms with Crippen molar-refractivity contribution in [2.45, 2.75) is 26.7 Å². The third kappa shape index (κ3) is 4.77. The molecule has 0 unspecified atom stereocenters. The monoisotopic (exact) mass is 268 g/mol. The average Bonchev–Trinajstić information content (AvgIpc) is 1.99. The maximum absolute atomic E-state index is 10.3. The van der Waals surface area contributed by atoms with Crippen molar-refractivity contribution in [3.8, 4) is 0 Å². The molecule has 73 valence electrons. The van der Waals surface area contributed by atoms with Gasteiger partial charge in [0.05, 0.1) is 0 Å². The van der Waals surface area contributed by atoms with Crippen LogP contribution in [0.5, 0.6) is 0 Å². The molecule has 1 N–H and O–H groups in total. The van der Waals surface area contributed by atoms with Gasteiger partial charge in [0.15, 0.2) is 0 Å². The van der Waals surface area contributed by atoms with Gasteiger partial charge in [-0.3, -0.25) is 14.8 Å². The summed E-state index contributed by atoms with van der Waals surface area (Å²) in [6, 6.07) is 2.92. The van der Waals surface area contributed by atoms with E-state index in [4.69, 9.17) is 5.11 Å². The molecule has 0 spiro atoms.